The second-order valence-corrected chi connectivity index (χ2v) is 2.43. The molecule has 0 unspecified atom stereocenters. The van der Waals surface area contributed by atoms with Crippen molar-refractivity contribution < 1.29 is 0 Å². The van der Waals surface area contributed by atoms with Gasteiger partial charge in [-0.15, -0.1) is 5.10 Å². The highest BCUT2D eigenvalue weighted by Crippen LogP contribution is 2.10. The number of nitrogens with two attached hydrogens (primary N) is 1. The Bertz CT molecular complexity index is 184. The molecule has 9 heavy (non-hydrogen) atoms. The van der Waals surface area contributed by atoms with E-state index in [0.717, 1.165) is 10.9 Å². The molecule has 0 saturated carbocycles. The smallest absolute Gasteiger partial charge is 0.240 e. The van der Waals surface area contributed by atoms with Crippen LogP contribution in [-0.4, -0.2) is 20.9 Å². The Morgan fingerprint density at radius 3 is 3.00 bits per heavy atom. The molecular weight excluding hydrogens is 136 g/mol. The minimum absolute atomic E-state index is 0.283. The summed E-state index contributed by atoms with van der Waals surface area (Å²) in [6.45, 7) is 3.62. The number of thioether (sulfide) groups is 1. The van der Waals surface area contributed by atoms with Gasteiger partial charge in [0.25, 0.3) is 0 Å². The van der Waals surface area contributed by atoms with Gasteiger partial charge < -0.3 is 5.73 Å². The van der Waals surface area contributed by atoms with Crippen molar-refractivity contribution in [2.24, 2.45) is 0 Å². The van der Waals surface area contributed by atoms with Gasteiger partial charge >= 0.3 is 0 Å². The summed E-state index contributed by atoms with van der Waals surface area (Å²) in [7, 11) is 0. The molecule has 1 radical (unpaired) electrons. The topological polar surface area (TPSA) is 67.6 Å². The molecule has 0 aliphatic heterocycles. The largest absolute Gasteiger partial charge is 0.366 e. The predicted octanol–water partition coefficient (Wildman–Crippen LogP) is 0.313. The summed E-state index contributed by atoms with van der Waals surface area (Å²) in [6, 6.07) is 0. The van der Waals surface area contributed by atoms with E-state index in [2.05, 4.69) is 22.1 Å². The Balaban J connectivity index is 2.61. The average Bonchev–Trinajstić information content (AvgIpc) is 2.17. The van der Waals surface area contributed by atoms with E-state index in [1.807, 2.05) is 0 Å². The van der Waals surface area contributed by atoms with E-state index in [1.165, 1.54) is 11.8 Å². The summed E-state index contributed by atoms with van der Waals surface area (Å²) < 4.78 is 0. The zero-order valence-electron chi connectivity index (χ0n) is 4.79. The number of rotatable bonds is 2. The van der Waals surface area contributed by atoms with Crippen LogP contribution in [0.5, 0.6) is 0 Å². The van der Waals surface area contributed by atoms with Crippen molar-refractivity contribution in [3.05, 3.63) is 6.92 Å². The Kier molecular flexibility index (Phi) is 1.94. The molecule has 49 valence electrons. The lowest BCUT2D eigenvalue weighted by Gasteiger charge is -1.84. The maximum absolute atomic E-state index is 5.22. The fourth-order valence-corrected chi connectivity index (χ4v) is 0.882. The van der Waals surface area contributed by atoms with Crippen LogP contribution in [0.25, 0.3) is 0 Å². The zero-order chi connectivity index (χ0) is 6.69. The number of aromatic nitrogens is 3. The van der Waals surface area contributed by atoms with Crippen LogP contribution in [0, 0.1) is 6.92 Å². The monoisotopic (exact) mass is 143 g/mol. The van der Waals surface area contributed by atoms with Gasteiger partial charge in [0.05, 0.1) is 0 Å². The predicted molar refractivity (Wildman–Crippen MR) is 36.9 cm³/mol. The number of H-pyrrole nitrogens is 1. The summed E-state index contributed by atoms with van der Waals surface area (Å²) in [5.74, 6) is 1.01. The van der Waals surface area contributed by atoms with Gasteiger partial charge in [-0.25, -0.2) is 0 Å². The molecule has 1 rings (SSSR count). The molecule has 4 nitrogen and oxygen atoms in total. The lowest BCUT2D eigenvalue weighted by Crippen LogP contribution is -1.84. The maximum atomic E-state index is 5.22. The molecule has 1 heterocycles. The molecule has 0 spiro atoms. The van der Waals surface area contributed by atoms with Crippen LogP contribution in [0.4, 0.5) is 5.95 Å². The minimum Gasteiger partial charge on any atom is -0.366 e. The van der Waals surface area contributed by atoms with E-state index in [9.17, 15) is 0 Å². The molecule has 0 amide bonds. The molecule has 0 fully saturated rings. The SMILES string of the molecule is [CH2]CSc1nc(N)n[nH]1. The summed E-state index contributed by atoms with van der Waals surface area (Å²) in [5.41, 5.74) is 5.22. The molecule has 0 aromatic carbocycles. The van der Waals surface area contributed by atoms with Crippen LogP contribution in [0.15, 0.2) is 5.16 Å². The molecule has 1 aromatic rings. The van der Waals surface area contributed by atoms with Crippen molar-refractivity contribution in [3.63, 3.8) is 0 Å². The van der Waals surface area contributed by atoms with Crippen LogP contribution in [0.2, 0.25) is 0 Å². The Morgan fingerprint density at radius 2 is 2.56 bits per heavy atom. The summed E-state index contributed by atoms with van der Waals surface area (Å²) in [6.07, 6.45) is 0. The average molecular weight is 143 g/mol. The summed E-state index contributed by atoms with van der Waals surface area (Å²) >= 11 is 1.48. The van der Waals surface area contributed by atoms with Crippen LogP contribution in [0.1, 0.15) is 0 Å². The molecule has 0 saturated heterocycles. The van der Waals surface area contributed by atoms with Gasteiger partial charge in [-0.2, -0.15) is 4.98 Å². The van der Waals surface area contributed by atoms with Gasteiger partial charge in [0, 0.05) is 5.75 Å². The molecular formula is C4H7N4S. The van der Waals surface area contributed by atoms with Crippen molar-refractivity contribution >= 4 is 17.7 Å². The fourth-order valence-electron chi connectivity index (χ4n) is 0.420. The number of nitrogens with zero attached hydrogens (tertiary/aromatic N) is 2. The first-order valence-corrected chi connectivity index (χ1v) is 3.41. The number of aromatic amines is 1. The third-order valence-electron chi connectivity index (χ3n) is 0.721. The molecule has 0 aliphatic rings. The molecule has 3 N–H and O–H groups in total. The highest BCUT2D eigenvalue weighted by Gasteiger charge is 1.95. The molecule has 0 atom stereocenters. The van der Waals surface area contributed by atoms with E-state index >= 15 is 0 Å². The Labute approximate surface area is 57.2 Å². The number of nitrogen functional groups attached to an aromatic ring is 1. The van der Waals surface area contributed by atoms with E-state index < -0.39 is 0 Å². The number of nitrogens with one attached hydrogen (secondary N) is 1. The van der Waals surface area contributed by atoms with Crippen LogP contribution < -0.4 is 5.73 Å². The van der Waals surface area contributed by atoms with Gasteiger partial charge in [0.2, 0.25) is 5.95 Å². The van der Waals surface area contributed by atoms with Gasteiger partial charge in [-0.05, 0) is 6.92 Å². The lowest BCUT2D eigenvalue weighted by atomic mass is 11.0. The first-order valence-electron chi connectivity index (χ1n) is 2.43. The normalized spacial score (nSPS) is 9.89. The standard InChI is InChI=1S/C4H7N4S/c1-2-9-4-6-3(5)7-8-4/h1-2H2,(H3,5,6,7,8). The van der Waals surface area contributed by atoms with Crippen molar-refractivity contribution in [2.75, 3.05) is 11.5 Å². The minimum atomic E-state index is 0.283. The van der Waals surface area contributed by atoms with Gasteiger partial charge in [-0.3, -0.25) is 5.10 Å². The first-order chi connectivity index (χ1) is 4.33. The third-order valence-corrected chi connectivity index (χ3v) is 1.38. The van der Waals surface area contributed by atoms with E-state index in [0.29, 0.717) is 0 Å². The van der Waals surface area contributed by atoms with Gasteiger partial charge in [-0.1, -0.05) is 11.8 Å². The zero-order valence-corrected chi connectivity index (χ0v) is 5.61. The maximum Gasteiger partial charge on any atom is 0.240 e. The Hall–Kier alpha value is -0.710. The Morgan fingerprint density at radius 1 is 1.78 bits per heavy atom. The van der Waals surface area contributed by atoms with Crippen molar-refractivity contribution in [1.82, 2.24) is 15.2 Å². The van der Waals surface area contributed by atoms with Crippen molar-refractivity contribution in [1.29, 1.82) is 0 Å². The van der Waals surface area contributed by atoms with Crippen molar-refractivity contribution in [3.8, 4) is 0 Å². The molecule has 0 bridgehead atoms. The first kappa shape index (κ1) is 6.41. The summed E-state index contributed by atoms with van der Waals surface area (Å²) in [4.78, 5) is 3.83. The third kappa shape index (κ3) is 1.60. The number of hydrogen-bond acceptors (Lipinski definition) is 4. The number of hydrogen-bond donors (Lipinski definition) is 2. The van der Waals surface area contributed by atoms with Crippen LogP contribution in [0.3, 0.4) is 0 Å². The quantitative estimate of drug-likeness (QED) is 0.585. The fraction of sp³-hybridized carbons (Fsp3) is 0.250. The second-order valence-electron chi connectivity index (χ2n) is 1.35. The molecule has 1 aromatic heterocycles. The van der Waals surface area contributed by atoms with E-state index in [4.69, 9.17) is 5.73 Å². The van der Waals surface area contributed by atoms with E-state index in [1.54, 1.807) is 0 Å². The molecule has 0 aliphatic carbocycles. The van der Waals surface area contributed by atoms with Gasteiger partial charge in [0.1, 0.15) is 0 Å². The van der Waals surface area contributed by atoms with Gasteiger partial charge in [0.15, 0.2) is 5.16 Å². The van der Waals surface area contributed by atoms with E-state index in [-0.39, 0.29) is 5.95 Å². The second kappa shape index (κ2) is 2.72. The lowest BCUT2D eigenvalue weighted by molar-refractivity contribution is 0.975. The summed E-state index contributed by atoms with van der Waals surface area (Å²) in [5, 5.41) is 7.00. The van der Waals surface area contributed by atoms with Crippen molar-refractivity contribution in [2.45, 2.75) is 5.16 Å². The number of anilines is 1. The highest BCUT2D eigenvalue weighted by molar-refractivity contribution is 7.99. The van der Waals surface area contributed by atoms with Crippen LogP contribution >= 0.6 is 11.8 Å². The van der Waals surface area contributed by atoms with Crippen LogP contribution in [-0.2, 0) is 0 Å². The highest BCUT2D eigenvalue weighted by atomic mass is 32.2. The molecule has 5 heteroatoms.